The van der Waals surface area contributed by atoms with E-state index in [9.17, 15) is 4.79 Å². The van der Waals surface area contributed by atoms with Crippen molar-refractivity contribution in [1.82, 2.24) is 0 Å². The van der Waals surface area contributed by atoms with Gasteiger partial charge in [0, 0.05) is 5.57 Å². The molecule has 0 fully saturated rings. The van der Waals surface area contributed by atoms with Crippen molar-refractivity contribution in [2.75, 3.05) is 34.5 Å². The monoisotopic (exact) mass is 472 g/mol. The van der Waals surface area contributed by atoms with Crippen LogP contribution in [-0.4, -0.2) is 52.2 Å². The van der Waals surface area contributed by atoms with Gasteiger partial charge >= 0.3 is 5.97 Å². The quantitative estimate of drug-likeness (QED) is 0.160. The van der Waals surface area contributed by atoms with Crippen LogP contribution >= 0.6 is 0 Å². The normalized spacial score (nSPS) is 18.0. The third kappa shape index (κ3) is 7.15. The summed E-state index contributed by atoms with van der Waals surface area (Å²) in [4.78, 5) is 12.1. The molecular formula is C27H36O7. The topological polar surface area (TPSA) is 72.5 Å². The van der Waals surface area contributed by atoms with E-state index in [2.05, 4.69) is 0 Å². The summed E-state index contributed by atoms with van der Waals surface area (Å²) in [5.41, 5.74) is 2.34. The fourth-order valence-corrected chi connectivity index (χ4v) is 3.29. The molecule has 1 atom stereocenters. The number of esters is 1. The molecule has 0 saturated heterocycles. The van der Waals surface area contributed by atoms with Gasteiger partial charge in [0.15, 0.2) is 11.5 Å². The fraction of sp³-hybridized carbons (Fsp3) is 0.444. The molecule has 1 aromatic carbocycles. The van der Waals surface area contributed by atoms with Gasteiger partial charge in [-0.1, -0.05) is 23.8 Å². The number of benzene rings is 1. The zero-order valence-corrected chi connectivity index (χ0v) is 21.4. The Kier molecular flexibility index (Phi) is 9.81. The number of fused-ring (bicyclic) bond motifs is 1. The van der Waals surface area contributed by atoms with Crippen LogP contribution in [0.1, 0.15) is 40.2 Å². The molecule has 2 rings (SSSR count). The number of methoxy groups -OCH3 is 3. The van der Waals surface area contributed by atoms with E-state index < -0.39 is 11.6 Å². The Hall–Kier alpha value is -3.19. The molecule has 7 heteroatoms. The van der Waals surface area contributed by atoms with Crippen molar-refractivity contribution >= 4 is 12.0 Å². The van der Waals surface area contributed by atoms with Crippen LogP contribution in [0.25, 0.3) is 6.08 Å². The number of allylic oxidation sites excluding steroid dienone is 2. The Balaban J connectivity index is 2.28. The van der Waals surface area contributed by atoms with Gasteiger partial charge in [-0.15, -0.1) is 0 Å². The molecule has 7 nitrogen and oxygen atoms in total. The van der Waals surface area contributed by atoms with Crippen LogP contribution in [0.2, 0.25) is 0 Å². The number of carbonyl (C=O) groups excluding carboxylic acids is 1. The van der Waals surface area contributed by atoms with E-state index in [0.717, 1.165) is 5.56 Å². The van der Waals surface area contributed by atoms with Crippen molar-refractivity contribution in [3.63, 3.8) is 0 Å². The van der Waals surface area contributed by atoms with Crippen molar-refractivity contribution in [3.05, 3.63) is 64.7 Å². The van der Waals surface area contributed by atoms with E-state index in [0.29, 0.717) is 36.0 Å². The molecule has 0 N–H and O–H groups in total. The van der Waals surface area contributed by atoms with Crippen molar-refractivity contribution in [2.24, 2.45) is 0 Å². The largest absolute Gasteiger partial charge is 0.503 e. The lowest BCUT2D eigenvalue weighted by molar-refractivity contribution is -0.136. The van der Waals surface area contributed by atoms with E-state index >= 15 is 0 Å². The van der Waals surface area contributed by atoms with Gasteiger partial charge in [0.2, 0.25) is 0 Å². The zero-order chi connectivity index (χ0) is 25.3. The second-order valence-corrected chi connectivity index (χ2v) is 8.61. The molecule has 1 aliphatic rings. The van der Waals surface area contributed by atoms with Crippen LogP contribution in [0, 0.1) is 0 Å². The fourth-order valence-electron chi connectivity index (χ4n) is 3.29. The van der Waals surface area contributed by atoms with Gasteiger partial charge in [-0.05, 0) is 58.4 Å². The predicted molar refractivity (Wildman–Crippen MR) is 132 cm³/mol. The molecule has 0 bridgehead atoms. The first-order valence-electron chi connectivity index (χ1n) is 11.1. The Morgan fingerprint density at radius 3 is 2.47 bits per heavy atom. The minimum absolute atomic E-state index is 0.232. The molecule has 0 amide bonds. The van der Waals surface area contributed by atoms with E-state index in [4.69, 9.17) is 28.4 Å². The third-order valence-electron chi connectivity index (χ3n) is 5.36. The van der Waals surface area contributed by atoms with E-state index in [-0.39, 0.29) is 11.7 Å². The highest BCUT2D eigenvalue weighted by Crippen LogP contribution is 2.36. The summed E-state index contributed by atoms with van der Waals surface area (Å²) in [5.74, 6) is 1.28. The van der Waals surface area contributed by atoms with Crippen LogP contribution < -0.4 is 9.47 Å². The average Bonchev–Trinajstić information content (AvgIpc) is 2.91. The zero-order valence-electron chi connectivity index (χ0n) is 21.4. The summed E-state index contributed by atoms with van der Waals surface area (Å²) in [5, 5.41) is 0. The van der Waals surface area contributed by atoms with Gasteiger partial charge in [-0.25, -0.2) is 4.79 Å². The second-order valence-electron chi connectivity index (χ2n) is 8.61. The summed E-state index contributed by atoms with van der Waals surface area (Å²) in [7, 11) is 4.32. The Bertz CT molecular complexity index is 979. The predicted octanol–water partition coefficient (Wildman–Crippen LogP) is 5.22. The maximum atomic E-state index is 12.1. The SMILES string of the molecule is CO\C=C(C(=O)OC)/C(C)=C(/C=C/c1ccc2c(c1)OC(C)(C)[C@@H](OCC=C(C)C)CO2)OC. The first-order chi connectivity index (χ1) is 16.1. The average molecular weight is 473 g/mol. The molecule has 0 aliphatic carbocycles. The van der Waals surface area contributed by atoms with Crippen LogP contribution in [-0.2, 0) is 23.7 Å². The van der Waals surface area contributed by atoms with Crippen molar-refractivity contribution in [1.29, 1.82) is 0 Å². The molecule has 0 radical (unpaired) electrons. The highest BCUT2D eigenvalue weighted by Gasteiger charge is 2.36. The lowest BCUT2D eigenvalue weighted by Crippen LogP contribution is -2.45. The summed E-state index contributed by atoms with van der Waals surface area (Å²) >= 11 is 0. The van der Waals surface area contributed by atoms with Crippen molar-refractivity contribution in [3.8, 4) is 11.5 Å². The summed E-state index contributed by atoms with van der Waals surface area (Å²) in [6.45, 7) is 10.7. The van der Waals surface area contributed by atoms with Gasteiger partial charge in [-0.3, -0.25) is 0 Å². The number of carbonyl (C=O) groups is 1. The van der Waals surface area contributed by atoms with E-state index in [1.807, 2.05) is 58.0 Å². The van der Waals surface area contributed by atoms with E-state index in [1.54, 1.807) is 13.0 Å². The van der Waals surface area contributed by atoms with Crippen LogP contribution in [0.5, 0.6) is 11.5 Å². The Labute approximate surface area is 202 Å². The molecule has 1 aromatic rings. The molecule has 0 unspecified atom stereocenters. The number of ether oxygens (including phenoxy) is 6. The summed E-state index contributed by atoms with van der Waals surface area (Å²) in [6.07, 6.45) is 6.78. The van der Waals surface area contributed by atoms with Crippen molar-refractivity contribution in [2.45, 2.75) is 46.3 Å². The number of rotatable bonds is 9. The highest BCUT2D eigenvalue weighted by atomic mass is 16.6. The molecule has 186 valence electrons. The number of hydrogen-bond acceptors (Lipinski definition) is 7. The molecular weight excluding hydrogens is 436 g/mol. The first kappa shape index (κ1) is 27.1. The molecule has 0 spiro atoms. The van der Waals surface area contributed by atoms with Gasteiger partial charge in [-0.2, -0.15) is 0 Å². The molecule has 0 aromatic heterocycles. The minimum Gasteiger partial charge on any atom is -0.503 e. The van der Waals surface area contributed by atoms with Crippen LogP contribution in [0.3, 0.4) is 0 Å². The molecule has 34 heavy (non-hydrogen) atoms. The van der Waals surface area contributed by atoms with Gasteiger partial charge < -0.3 is 28.4 Å². The number of hydrogen-bond donors (Lipinski definition) is 0. The third-order valence-corrected chi connectivity index (χ3v) is 5.36. The summed E-state index contributed by atoms with van der Waals surface area (Å²) < 4.78 is 33.7. The molecule has 0 saturated carbocycles. The van der Waals surface area contributed by atoms with Crippen molar-refractivity contribution < 1.29 is 33.2 Å². The van der Waals surface area contributed by atoms with E-state index in [1.165, 1.54) is 33.2 Å². The molecule has 1 aliphatic heterocycles. The lowest BCUT2D eigenvalue weighted by atomic mass is 10.0. The first-order valence-corrected chi connectivity index (χ1v) is 11.1. The van der Waals surface area contributed by atoms with Crippen LogP contribution in [0.15, 0.2) is 59.1 Å². The maximum Gasteiger partial charge on any atom is 0.341 e. The maximum absolute atomic E-state index is 12.1. The van der Waals surface area contributed by atoms with Gasteiger partial charge in [0.05, 0.1) is 34.2 Å². The highest BCUT2D eigenvalue weighted by molar-refractivity contribution is 5.93. The smallest absolute Gasteiger partial charge is 0.341 e. The standard InChI is InChI=1S/C27H36O7/c1-18(2)13-14-32-25-17-33-23-12-10-20(15-24(23)34-27(25,4)5)9-11-22(30-7)19(3)21(16-29-6)26(28)31-8/h9-13,15-16,25H,14,17H2,1-8H3/b11-9+,21-16+,22-19-/t25-/m0/s1. The Morgan fingerprint density at radius 1 is 1.12 bits per heavy atom. The van der Waals surface area contributed by atoms with Gasteiger partial charge in [0.1, 0.15) is 29.6 Å². The lowest BCUT2D eigenvalue weighted by Gasteiger charge is -2.31. The summed E-state index contributed by atoms with van der Waals surface area (Å²) in [6, 6.07) is 5.70. The molecule has 1 heterocycles. The van der Waals surface area contributed by atoms with Gasteiger partial charge in [0.25, 0.3) is 0 Å². The Morgan fingerprint density at radius 2 is 1.85 bits per heavy atom. The minimum atomic E-state index is -0.586. The van der Waals surface area contributed by atoms with Crippen LogP contribution in [0.4, 0.5) is 0 Å². The second kappa shape index (κ2) is 12.3.